The lowest BCUT2D eigenvalue weighted by molar-refractivity contribution is 0.478. The molecule has 2 aromatic carbocycles. The Morgan fingerprint density at radius 3 is 1.62 bits per heavy atom. The molecule has 29 heavy (non-hydrogen) atoms. The fourth-order valence-corrected chi connectivity index (χ4v) is 3.84. The fraction of sp³-hybridized carbons (Fsp3) is 0.500. The van der Waals surface area contributed by atoms with Crippen LogP contribution in [0.25, 0.3) is 0 Å². The van der Waals surface area contributed by atoms with Crippen LogP contribution in [-0.4, -0.2) is 13.0 Å². The number of ether oxygens (including phenoxy) is 1. The van der Waals surface area contributed by atoms with E-state index in [0.717, 1.165) is 6.42 Å². The van der Waals surface area contributed by atoms with E-state index in [1.165, 1.54) is 94.0 Å². The molecular formula is C24H34O4S. The highest BCUT2D eigenvalue weighted by atomic mass is 32.2. The summed E-state index contributed by atoms with van der Waals surface area (Å²) in [7, 11) is -4.18. The van der Waals surface area contributed by atoms with Crippen LogP contribution < -0.4 is 4.74 Å². The van der Waals surface area contributed by atoms with E-state index in [2.05, 4.69) is 19.1 Å². The topological polar surface area (TPSA) is 63.6 Å². The standard InChI is InChI=1S/C24H34O4S/c1-2-3-4-5-6-7-8-9-10-11-12-21-13-15-22(16-14-21)28-23-17-19-24(20-18-23)29(25,26)27/h13-20H,2-12H2,1H3,(H,25,26,27). The Kier molecular flexibility index (Phi) is 10.2. The molecule has 1 N–H and O–H groups in total. The molecule has 0 aliphatic carbocycles. The Balaban J connectivity index is 1.63. The van der Waals surface area contributed by atoms with Gasteiger partial charge in [-0.15, -0.1) is 0 Å². The molecule has 0 aliphatic heterocycles. The molecule has 2 rings (SSSR count). The summed E-state index contributed by atoms with van der Waals surface area (Å²) in [6.45, 7) is 2.26. The predicted octanol–water partition coefficient (Wildman–Crippen LogP) is 7.19. The molecule has 0 bridgehead atoms. The van der Waals surface area contributed by atoms with Crippen molar-refractivity contribution in [1.29, 1.82) is 0 Å². The highest BCUT2D eigenvalue weighted by Gasteiger charge is 2.09. The maximum Gasteiger partial charge on any atom is 0.294 e. The number of benzene rings is 2. The van der Waals surface area contributed by atoms with Crippen molar-refractivity contribution in [2.75, 3.05) is 0 Å². The molecule has 0 aromatic heterocycles. The maximum atomic E-state index is 11.1. The summed E-state index contributed by atoms with van der Waals surface area (Å²) in [5.41, 5.74) is 1.30. The molecule has 0 atom stereocenters. The van der Waals surface area contributed by atoms with Crippen LogP contribution in [0.15, 0.2) is 53.4 Å². The Hall–Kier alpha value is -1.85. The van der Waals surface area contributed by atoms with Crippen LogP contribution in [0, 0.1) is 0 Å². The maximum absolute atomic E-state index is 11.1. The van der Waals surface area contributed by atoms with E-state index in [0.29, 0.717) is 11.5 Å². The lowest BCUT2D eigenvalue weighted by Crippen LogP contribution is -1.97. The van der Waals surface area contributed by atoms with Gasteiger partial charge in [0.1, 0.15) is 11.5 Å². The molecular weight excluding hydrogens is 384 g/mol. The van der Waals surface area contributed by atoms with Crippen molar-refractivity contribution < 1.29 is 17.7 Å². The molecule has 0 aliphatic rings. The Morgan fingerprint density at radius 2 is 1.14 bits per heavy atom. The zero-order chi connectivity index (χ0) is 21.0. The van der Waals surface area contributed by atoms with Crippen LogP contribution in [0.4, 0.5) is 0 Å². The minimum atomic E-state index is -4.18. The molecule has 2 aromatic rings. The summed E-state index contributed by atoms with van der Waals surface area (Å²) in [5.74, 6) is 1.23. The van der Waals surface area contributed by atoms with Crippen molar-refractivity contribution in [1.82, 2.24) is 0 Å². The average Bonchev–Trinajstić information content (AvgIpc) is 2.70. The third-order valence-electron chi connectivity index (χ3n) is 5.10. The zero-order valence-electron chi connectivity index (χ0n) is 17.5. The first-order chi connectivity index (χ1) is 14.0. The van der Waals surface area contributed by atoms with E-state index >= 15 is 0 Å². The SMILES string of the molecule is CCCCCCCCCCCCc1ccc(Oc2ccc(S(=O)(=O)O)cc2)cc1. The second-order valence-corrected chi connectivity index (χ2v) is 9.05. The lowest BCUT2D eigenvalue weighted by Gasteiger charge is -2.08. The summed E-state index contributed by atoms with van der Waals surface area (Å²) >= 11 is 0. The Labute approximate surface area is 176 Å². The molecule has 0 heterocycles. The van der Waals surface area contributed by atoms with Gasteiger partial charge in [-0.1, -0.05) is 76.8 Å². The van der Waals surface area contributed by atoms with Crippen molar-refractivity contribution >= 4 is 10.1 Å². The quantitative estimate of drug-likeness (QED) is 0.260. The van der Waals surface area contributed by atoms with E-state index in [4.69, 9.17) is 9.29 Å². The van der Waals surface area contributed by atoms with Gasteiger partial charge in [0.2, 0.25) is 0 Å². The first kappa shape index (κ1) is 23.4. The zero-order valence-corrected chi connectivity index (χ0v) is 18.3. The van der Waals surface area contributed by atoms with Gasteiger partial charge in [-0.2, -0.15) is 8.42 Å². The molecule has 0 radical (unpaired) electrons. The van der Waals surface area contributed by atoms with E-state index in [9.17, 15) is 8.42 Å². The van der Waals surface area contributed by atoms with Gasteiger partial charge in [0.15, 0.2) is 0 Å². The van der Waals surface area contributed by atoms with E-state index in [-0.39, 0.29) is 4.90 Å². The molecule has 0 unspecified atom stereocenters. The van der Waals surface area contributed by atoms with Gasteiger partial charge < -0.3 is 4.74 Å². The van der Waals surface area contributed by atoms with Crippen LogP contribution in [0.3, 0.4) is 0 Å². The van der Waals surface area contributed by atoms with E-state index in [1.807, 2.05) is 12.1 Å². The van der Waals surface area contributed by atoms with Gasteiger partial charge in [-0.25, -0.2) is 0 Å². The van der Waals surface area contributed by atoms with Gasteiger partial charge >= 0.3 is 0 Å². The normalized spacial score (nSPS) is 11.5. The van der Waals surface area contributed by atoms with Crippen molar-refractivity contribution in [3.05, 3.63) is 54.1 Å². The second kappa shape index (κ2) is 12.7. The first-order valence-corrected chi connectivity index (χ1v) is 12.3. The van der Waals surface area contributed by atoms with Gasteiger partial charge in [-0.05, 0) is 54.8 Å². The third kappa shape index (κ3) is 9.46. The van der Waals surface area contributed by atoms with Gasteiger partial charge in [0.25, 0.3) is 10.1 Å². The summed E-state index contributed by atoms with van der Waals surface area (Å²) in [5, 5.41) is 0. The van der Waals surface area contributed by atoms with Gasteiger partial charge in [-0.3, -0.25) is 4.55 Å². The highest BCUT2D eigenvalue weighted by molar-refractivity contribution is 7.85. The van der Waals surface area contributed by atoms with Gasteiger partial charge in [0, 0.05) is 0 Å². The monoisotopic (exact) mass is 418 g/mol. The van der Waals surface area contributed by atoms with Crippen LogP contribution in [0.2, 0.25) is 0 Å². The molecule has 160 valence electrons. The molecule has 0 fully saturated rings. The number of hydrogen-bond donors (Lipinski definition) is 1. The van der Waals surface area contributed by atoms with E-state index in [1.54, 1.807) is 0 Å². The minimum Gasteiger partial charge on any atom is -0.457 e. The Bertz CT molecular complexity index is 796. The molecule has 0 saturated carbocycles. The molecule has 4 nitrogen and oxygen atoms in total. The predicted molar refractivity (Wildman–Crippen MR) is 118 cm³/mol. The summed E-state index contributed by atoms with van der Waals surface area (Å²) < 4.78 is 36.9. The molecule has 0 saturated heterocycles. The lowest BCUT2D eigenvalue weighted by atomic mass is 10.0. The molecule has 5 heteroatoms. The van der Waals surface area contributed by atoms with Crippen LogP contribution >= 0.6 is 0 Å². The number of rotatable bonds is 14. The van der Waals surface area contributed by atoms with Crippen molar-refractivity contribution in [2.24, 2.45) is 0 Å². The Morgan fingerprint density at radius 1 is 0.690 bits per heavy atom. The third-order valence-corrected chi connectivity index (χ3v) is 5.97. The first-order valence-electron chi connectivity index (χ1n) is 10.8. The summed E-state index contributed by atoms with van der Waals surface area (Å²) in [6.07, 6.45) is 14.5. The summed E-state index contributed by atoms with van der Waals surface area (Å²) in [4.78, 5) is -0.142. The smallest absolute Gasteiger partial charge is 0.294 e. The minimum absolute atomic E-state index is 0.142. The van der Waals surface area contributed by atoms with Crippen molar-refractivity contribution in [3.8, 4) is 11.5 Å². The summed E-state index contributed by atoms with van der Waals surface area (Å²) in [6, 6.07) is 13.7. The highest BCUT2D eigenvalue weighted by Crippen LogP contribution is 2.23. The molecule has 0 spiro atoms. The van der Waals surface area contributed by atoms with Crippen LogP contribution in [0.1, 0.15) is 76.7 Å². The largest absolute Gasteiger partial charge is 0.457 e. The van der Waals surface area contributed by atoms with E-state index < -0.39 is 10.1 Å². The van der Waals surface area contributed by atoms with Crippen molar-refractivity contribution in [3.63, 3.8) is 0 Å². The number of unbranched alkanes of at least 4 members (excludes halogenated alkanes) is 9. The number of hydrogen-bond acceptors (Lipinski definition) is 3. The van der Waals surface area contributed by atoms with Crippen LogP contribution in [0.5, 0.6) is 11.5 Å². The average molecular weight is 419 g/mol. The molecule has 0 amide bonds. The van der Waals surface area contributed by atoms with Gasteiger partial charge in [0.05, 0.1) is 4.90 Å². The fourth-order valence-electron chi connectivity index (χ4n) is 3.36. The van der Waals surface area contributed by atoms with Crippen LogP contribution in [-0.2, 0) is 16.5 Å². The number of aryl methyl sites for hydroxylation is 1. The second-order valence-electron chi connectivity index (χ2n) is 7.62. The van der Waals surface area contributed by atoms with Crippen molar-refractivity contribution in [2.45, 2.75) is 82.4 Å².